The minimum absolute atomic E-state index is 0.0549. The Balaban J connectivity index is 2.61. The lowest BCUT2D eigenvalue weighted by atomic mass is 10.2. The van der Waals surface area contributed by atoms with Crippen molar-refractivity contribution in [2.45, 2.75) is 0 Å². The van der Waals surface area contributed by atoms with E-state index >= 15 is 0 Å². The van der Waals surface area contributed by atoms with Gasteiger partial charge in [-0.25, -0.2) is 0 Å². The van der Waals surface area contributed by atoms with E-state index in [0.717, 1.165) is 0 Å². The van der Waals surface area contributed by atoms with Crippen LogP contribution in [0.4, 0.5) is 11.6 Å². The van der Waals surface area contributed by atoms with Gasteiger partial charge < -0.3 is 16.0 Å². The van der Waals surface area contributed by atoms with E-state index < -0.39 is 0 Å². The zero-order valence-electron chi connectivity index (χ0n) is 7.07. The number of nitrogen functional groups attached to an aromatic ring is 2. The van der Waals surface area contributed by atoms with Gasteiger partial charge in [0, 0.05) is 5.69 Å². The zero-order chi connectivity index (χ0) is 10.1. The SMILES string of the molecule is Nc1noc(-c2c(N)cccc2Cl)n1. The van der Waals surface area contributed by atoms with Gasteiger partial charge in [-0.05, 0) is 17.3 Å². The van der Waals surface area contributed by atoms with Crippen LogP contribution in [0.3, 0.4) is 0 Å². The Morgan fingerprint density at radius 1 is 1.29 bits per heavy atom. The van der Waals surface area contributed by atoms with Gasteiger partial charge in [-0.3, -0.25) is 0 Å². The van der Waals surface area contributed by atoms with Crippen molar-refractivity contribution in [1.29, 1.82) is 0 Å². The first kappa shape index (κ1) is 8.83. The molecule has 1 aromatic heterocycles. The lowest BCUT2D eigenvalue weighted by Gasteiger charge is -2.01. The summed E-state index contributed by atoms with van der Waals surface area (Å²) < 4.78 is 4.86. The van der Waals surface area contributed by atoms with Crippen LogP contribution in [0.2, 0.25) is 5.02 Å². The average molecular weight is 211 g/mol. The Bertz CT molecular complexity index is 448. The molecule has 0 aliphatic rings. The molecule has 72 valence electrons. The van der Waals surface area contributed by atoms with Crippen LogP contribution in [0.25, 0.3) is 11.5 Å². The highest BCUT2D eigenvalue weighted by atomic mass is 35.5. The fraction of sp³-hybridized carbons (Fsp3) is 0. The van der Waals surface area contributed by atoms with Gasteiger partial charge in [-0.1, -0.05) is 17.7 Å². The second-order valence-corrected chi connectivity index (χ2v) is 3.07. The minimum atomic E-state index is 0.0549. The fourth-order valence-electron chi connectivity index (χ4n) is 1.10. The average Bonchev–Trinajstić information content (AvgIpc) is 2.51. The zero-order valence-corrected chi connectivity index (χ0v) is 7.82. The van der Waals surface area contributed by atoms with Crippen molar-refractivity contribution < 1.29 is 4.52 Å². The highest BCUT2D eigenvalue weighted by Gasteiger charge is 2.13. The Morgan fingerprint density at radius 3 is 2.64 bits per heavy atom. The lowest BCUT2D eigenvalue weighted by Crippen LogP contribution is -1.91. The van der Waals surface area contributed by atoms with E-state index in [-0.39, 0.29) is 11.8 Å². The molecule has 0 fully saturated rings. The Hall–Kier alpha value is -1.75. The summed E-state index contributed by atoms with van der Waals surface area (Å²) in [6, 6.07) is 5.12. The van der Waals surface area contributed by atoms with Crippen molar-refractivity contribution >= 4 is 23.2 Å². The van der Waals surface area contributed by atoms with Crippen LogP contribution in [0, 0.1) is 0 Å². The number of aromatic nitrogens is 2. The van der Waals surface area contributed by atoms with Crippen LogP contribution >= 0.6 is 11.6 Å². The maximum Gasteiger partial charge on any atom is 0.263 e. The maximum absolute atomic E-state index is 5.92. The summed E-state index contributed by atoms with van der Waals surface area (Å²) in [5, 5.41) is 3.91. The predicted octanol–water partition coefficient (Wildman–Crippen LogP) is 1.55. The maximum atomic E-state index is 5.92. The molecule has 2 aromatic rings. The number of rotatable bonds is 1. The molecule has 6 heteroatoms. The quantitative estimate of drug-likeness (QED) is 0.697. The largest absolute Gasteiger partial charge is 0.398 e. The van der Waals surface area contributed by atoms with Crippen LogP contribution in [0.5, 0.6) is 0 Å². The van der Waals surface area contributed by atoms with Gasteiger partial charge in [0.1, 0.15) is 0 Å². The Morgan fingerprint density at radius 2 is 2.07 bits per heavy atom. The van der Waals surface area contributed by atoms with E-state index in [1.54, 1.807) is 18.2 Å². The summed E-state index contributed by atoms with van der Waals surface area (Å²) in [5.74, 6) is 0.282. The lowest BCUT2D eigenvalue weighted by molar-refractivity contribution is 0.433. The van der Waals surface area contributed by atoms with E-state index in [1.807, 2.05) is 0 Å². The summed E-state index contributed by atoms with van der Waals surface area (Å²) >= 11 is 5.92. The number of anilines is 2. The molecule has 0 unspecified atom stereocenters. The van der Waals surface area contributed by atoms with Crippen molar-refractivity contribution in [2.75, 3.05) is 11.5 Å². The number of hydrogen-bond donors (Lipinski definition) is 2. The highest BCUT2D eigenvalue weighted by molar-refractivity contribution is 6.33. The van der Waals surface area contributed by atoms with Crippen LogP contribution in [-0.4, -0.2) is 10.1 Å². The van der Waals surface area contributed by atoms with Crippen molar-refractivity contribution in [3.8, 4) is 11.5 Å². The highest BCUT2D eigenvalue weighted by Crippen LogP contribution is 2.31. The van der Waals surface area contributed by atoms with Crippen molar-refractivity contribution in [3.05, 3.63) is 23.2 Å². The van der Waals surface area contributed by atoms with E-state index in [2.05, 4.69) is 10.1 Å². The number of hydrogen-bond acceptors (Lipinski definition) is 5. The third kappa shape index (κ3) is 1.38. The predicted molar refractivity (Wildman–Crippen MR) is 53.6 cm³/mol. The van der Waals surface area contributed by atoms with E-state index in [4.69, 9.17) is 27.6 Å². The third-order valence-electron chi connectivity index (χ3n) is 1.70. The molecule has 0 saturated heterocycles. The van der Waals surface area contributed by atoms with Crippen molar-refractivity contribution in [2.24, 2.45) is 0 Å². The summed E-state index contributed by atoms with van der Waals surface area (Å²) in [4.78, 5) is 3.84. The normalized spacial score (nSPS) is 10.4. The first-order valence-corrected chi connectivity index (χ1v) is 4.20. The van der Waals surface area contributed by atoms with Crippen molar-refractivity contribution in [3.63, 3.8) is 0 Å². The molecule has 0 atom stereocenters. The van der Waals surface area contributed by atoms with Gasteiger partial charge in [0.25, 0.3) is 11.8 Å². The van der Waals surface area contributed by atoms with Crippen LogP contribution in [0.15, 0.2) is 22.7 Å². The second kappa shape index (κ2) is 3.19. The molecule has 5 nitrogen and oxygen atoms in total. The number of nitrogens with two attached hydrogens (primary N) is 2. The second-order valence-electron chi connectivity index (χ2n) is 2.66. The summed E-state index contributed by atoms with van der Waals surface area (Å²) in [5.41, 5.74) is 12.0. The van der Waals surface area contributed by atoms with Gasteiger partial charge in [-0.2, -0.15) is 4.98 Å². The van der Waals surface area contributed by atoms with E-state index in [9.17, 15) is 0 Å². The Kier molecular flexibility index (Phi) is 2.01. The Labute approximate surface area is 84.7 Å². The summed E-state index contributed by atoms with van der Waals surface area (Å²) in [6.45, 7) is 0. The molecule has 0 aliphatic heterocycles. The molecular formula is C8H7ClN4O. The fourth-order valence-corrected chi connectivity index (χ4v) is 1.37. The van der Waals surface area contributed by atoms with Gasteiger partial charge in [0.05, 0.1) is 10.6 Å². The first-order valence-electron chi connectivity index (χ1n) is 3.82. The molecule has 2 rings (SSSR count). The van der Waals surface area contributed by atoms with Crippen molar-refractivity contribution in [1.82, 2.24) is 10.1 Å². The molecular weight excluding hydrogens is 204 g/mol. The molecule has 0 radical (unpaired) electrons. The molecule has 1 heterocycles. The monoisotopic (exact) mass is 210 g/mol. The number of benzene rings is 1. The van der Waals surface area contributed by atoms with E-state index in [0.29, 0.717) is 16.3 Å². The minimum Gasteiger partial charge on any atom is -0.398 e. The topological polar surface area (TPSA) is 91.0 Å². The van der Waals surface area contributed by atoms with Crippen LogP contribution in [0.1, 0.15) is 0 Å². The van der Waals surface area contributed by atoms with Crippen LogP contribution < -0.4 is 11.5 Å². The van der Waals surface area contributed by atoms with Gasteiger partial charge in [0.2, 0.25) is 0 Å². The molecule has 14 heavy (non-hydrogen) atoms. The first-order chi connectivity index (χ1) is 6.68. The molecule has 0 bridgehead atoms. The number of halogens is 1. The molecule has 4 N–H and O–H groups in total. The molecule has 1 aromatic carbocycles. The van der Waals surface area contributed by atoms with E-state index in [1.165, 1.54) is 0 Å². The molecule has 0 aliphatic carbocycles. The molecule has 0 amide bonds. The van der Waals surface area contributed by atoms with Gasteiger partial charge >= 0.3 is 0 Å². The molecule has 0 spiro atoms. The van der Waals surface area contributed by atoms with Crippen LogP contribution in [-0.2, 0) is 0 Å². The van der Waals surface area contributed by atoms with Gasteiger partial charge in [0.15, 0.2) is 0 Å². The summed E-state index contributed by atoms with van der Waals surface area (Å²) in [6.07, 6.45) is 0. The van der Waals surface area contributed by atoms with Gasteiger partial charge in [-0.15, -0.1) is 0 Å². The third-order valence-corrected chi connectivity index (χ3v) is 2.02. The standard InChI is InChI=1S/C8H7ClN4O/c9-4-2-1-3-5(10)6(4)7-12-8(11)13-14-7/h1-3H,10H2,(H2,11,13). The molecule has 0 saturated carbocycles. The summed E-state index contributed by atoms with van der Waals surface area (Å²) in [7, 11) is 0. The number of nitrogens with zero attached hydrogens (tertiary/aromatic N) is 2. The smallest absolute Gasteiger partial charge is 0.263 e.